The number of hydrogen-bond donors (Lipinski definition) is 0. The van der Waals surface area contributed by atoms with E-state index in [2.05, 4.69) is 11.4 Å². The minimum absolute atomic E-state index is 0.0462. The monoisotopic (exact) mass is 379 g/mol. The van der Waals surface area contributed by atoms with E-state index in [1.54, 1.807) is 0 Å². The Kier molecular flexibility index (Phi) is 10.9. The van der Waals surface area contributed by atoms with Crippen LogP contribution in [0.2, 0.25) is 0 Å². The molecule has 0 N–H and O–H groups in total. The van der Waals surface area contributed by atoms with Gasteiger partial charge in [-0.2, -0.15) is 0 Å². The maximum absolute atomic E-state index is 11.8. The zero-order valence-electron chi connectivity index (χ0n) is 14.4. The topological polar surface area (TPSA) is 92.7 Å². The maximum atomic E-state index is 11.8. The average Bonchev–Trinajstić information content (AvgIpc) is 2.54. The van der Waals surface area contributed by atoms with Crippen LogP contribution in [0, 0.1) is 0 Å². The quantitative estimate of drug-likeness (QED) is 0.369. The second-order valence-electron chi connectivity index (χ2n) is 6.06. The lowest BCUT2D eigenvalue weighted by atomic mass is 10.1. The van der Waals surface area contributed by atoms with Crippen molar-refractivity contribution < 1.29 is 28.3 Å². The van der Waals surface area contributed by atoms with Gasteiger partial charge in [0.1, 0.15) is 6.10 Å². The lowest BCUT2D eigenvalue weighted by Crippen LogP contribution is -2.34. The molecule has 1 saturated heterocycles. The van der Waals surface area contributed by atoms with E-state index in [-0.39, 0.29) is 17.5 Å². The van der Waals surface area contributed by atoms with Crippen molar-refractivity contribution in [1.82, 2.24) is 0 Å². The summed E-state index contributed by atoms with van der Waals surface area (Å²) in [5.41, 5.74) is -1.34. The summed E-state index contributed by atoms with van der Waals surface area (Å²) in [6.45, 7) is 2.01. The number of unbranched alkanes of at least 4 members (excludes halogenated alkanes) is 8. The van der Waals surface area contributed by atoms with E-state index in [9.17, 15) is 19.0 Å². The van der Waals surface area contributed by atoms with Crippen LogP contribution in [0.1, 0.15) is 71.1 Å². The van der Waals surface area contributed by atoms with E-state index >= 15 is 0 Å². The van der Waals surface area contributed by atoms with Gasteiger partial charge in [-0.15, -0.1) is 0 Å². The van der Waals surface area contributed by atoms with Crippen LogP contribution in [0.3, 0.4) is 0 Å². The third-order valence-electron chi connectivity index (χ3n) is 3.84. The molecule has 0 bridgehead atoms. The van der Waals surface area contributed by atoms with E-state index in [1.807, 2.05) is 0 Å². The first-order chi connectivity index (χ1) is 11.5. The normalized spacial score (nSPS) is 23.9. The van der Waals surface area contributed by atoms with Gasteiger partial charge in [-0.3, -0.25) is 9.36 Å². The second kappa shape index (κ2) is 12.1. The van der Waals surface area contributed by atoms with E-state index in [0.29, 0.717) is 6.42 Å². The van der Waals surface area contributed by atoms with Gasteiger partial charge in [0.15, 0.2) is 5.12 Å². The summed E-state index contributed by atoms with van der Waals surface area (Å²) >= 11 is 1.07. The molecule has 2 atom stereocenters. The van der Waals surface area contributed by atoms with Crippen molar-refractivity contribution in [2.75, 3.05) is 12.4 Å². The fourth-order valence-electron chi connectivity index (χ4n) is 2.40. The molecule has 1 heterocycles. The van der Waals surface area contributed by atoms with Crippen molar-refractivity contribution in [3.63, 3.8) is 0 Å². The number of carbonyl (C=O) groups is 2. The fourth-order valence-corrected chi connectivity index (χ4v) is 3.97. The summed E-state index contributed by atoms with van der Waals surface area (Å²) in [4.78, 5) is 33.9. The van der Waals surface area contributed by atoms with Crippen molar-refractivity contribution >= 4 is 30.2 Å². The Labute approximate surface area is 148 Å². The van der Waals surface area contributed by atoms with Crippen LogP contribution in [-0.2, 0) is 18.6 Å². The van der Waals surface area contributed by atoms with E-state index in [4.69, 9.17) is 4.74 Å². The summed E-state index contributed by atoms with van der Waals surface area (Å²) in [5, 5.41) is 0.0462. The van der Waals surface area contributed by atoms with Gasteiger partial charge in [0, 0.05) is 12.2 Å². The molecule has 0 spiro atoms. The third-order valence-corrected chi connectivity index (χ3v) is 5.94. The largest absolute Gasteiger partial charge is 0.770 e. The summed E-state index contributed by atoms with van der Waals surface area (Å²) in [6, 6.07) is 0. The SMILES string of the molecule is CCCCCCCCCCCC(=O)SCC1COP(=O)([O-])C(=O)O1. The first-order valence-electron chi connectivity index (χ1n) is 8.78. The molecule has 1 aliphatic heterocycles. The summed E-state index contributed by atoms with van der Waals surface area (Å²) in [6.07, 6.45) is 10.6. The van der Waals surface area contributed by atoms with Crippen molar-refractivity contribution in [1.29, 1.82) is 0 Å². The third kappa shape index (κ3) is 9.21. The Morgan fingerprint density at radius 2 is 1.75 bits per heavy atom. The van der Waals surface area contributed by atoms with Gasteiger partial charge < -0.3 is 14.2 Å². The second-order valence-corrected chi connectivity index (χ2v) is 8.76. The molecule has 1 aliphatic rings. The van der Waals surface area contributed by atoms with E-state index in [1.165, 1.54) is 38.5 Å². The van der Waals surface area contributed by atoms with Gasteiger partial charge in [0.05, 0.1) is 6.61 Å². The highest BCUT2D eigenvalue weighted by atomic mass is 32.2. The van der Waals surface area contributed by atoms with Crippen LogP contribution in [0.5, 0.6) is 0 Å². The lowest BCUT2D eigenvalue weighted by Gasteiger charge is -2.30. The molecule has 8 heteroatoms. The van der Waals surface area contributed by atoms with Gasteiger partial charge in [-0.05, 0) is 6.42 Å². The Morgan fingerprint density at radius 3 is 2.33 bits per heavy atom. The molecule has 0 aromatic heterocycles. The van der Waals surface area contributed by atoms with Gasteiger partial charge in [-0.1, -0.05) is 70.1 Å². The molecule has 0 amide bonds. The number of cyclic esters (lactones) is 1. The predicted octanol–water partition coefficient (Wildman–Crippen LogP) is 4.26. The predicted molar refractivity (Wildman–Crippen MR) is 93.1 cm³/mol. The molecule has 0 saturated carbocycles. The molecule has 6 nitrogen and oxygen atoms in total. The Balaban J connectivity index is 1.97. The molecule has 2 unspecified atom stereocenters. The van der Waals surface area contributed by atoms with Crippen LogP contribution in [0.4, 0.5) is 4.79 Å². The standard InChI is InChI=1S/C16H29O6PS/c1-2-3-4-5-6-7-8-9-10-11-15(17)24-13-14-12-21-23(19,20)16(18)22-14/h14H,2-13H2,1H3,(H,19,20)/p-1. The minimum atomic E-state index is -4.51. The summed E-state index contributed by atoms with van der Waals surface area (Å²) in [7, 11) is -4.51. The van der Waals surface area contributed by atoms with Gasteiger partial charge in [0.25, 0.3) is 0 Å². The molecule has 0 aromatic carbocycles. The lowest BCUT2D eigenvalue weighted by molar-refractivity contribution is -0.202. The van der Waals surface area contributed by atoms with Crippen molar-refractivity contribution in [2.24, 2.45) is 0 Å². The van der Waals surface area contributed by atoms with Crippen LogP contribution >= 0.6 is 19.4 Å². The molecular formula is C16H28O6PS-. The highest BCUT2D eigenvalue weighted by Crippen LogP contribution is 2.43. The maximum Gasteiger partial charge on any atom is 0.377 e. The van der Waals surface area contributed by atoms with Crippen LogP contribution in [0.15, 0.2) is 0 Å². The Hall–Kier alpha value is -0.360. The smallest absolute Gasteiger partial charge is 0.377 e. The van der Waals surface area contributed by atoms with Crippen molar-refractivity contribution in [3.05, 3.63) is 0 Å². The van der Waals surface area contributed by atoms with Gasteiger partial charge >= 0.3 is 5.71 Å². The van der Waals surface area contributed by atoms with Crippen LogP contribution in [-0.4, -0.2) is 29.3 Å². The fraction of sp³-hybridized carbons (Fsp3) is 0.875. The van der Waals surface area contributed by atoms with Gasteiger partial charge in [-0.25, -0.2) is 4.79 Å². The van der Waals surface area contributed by atoms with Gasteiger partial charge in [0.2, 0.25) is 7.60 Å². The number of carbonyl (C=O) groups excluding carboxylic acids is 2. The van der Waals surface area contributed by atoms with Crippen molar-refractivity contribution in [2.45, 2.75) is 77.2 Å². The first kappa shape index (κ1) is 21.7. The molecule has 24 heavy (non-hydrogen) atoms. The van der Waals surface area contributed by atoms with E-state index in [0.717, 1.165) is 31.0 Å². The molecule has 0 aromatic rings. The molecular weight excluding hydrogens is 351 g/mol. The van der Waals surface area contributed by atoms with Crippen LogP contribution < -0.4 is 4.89 Å². The molecule has 1 fully saturated rings. The molecule has 0 aliphatic carbocycles. The molecule has 1 rings (SSSR count). The van der Waals surface area contributed by atoms with E-state index < -0.39 is 19.4 Å². The zero-order valence-corrected chi connectivity index (χ0v) is 16.1. The molecule has 0 radical (unpaired) electrons. The summed E-state index contributed by atoms with van der Waals surface area (Å²) in [5.74, 6) is 0.238. The Morgan fingerprint density at radius 1 is 1.17 bits per heavy atom. The summed E-state index contributed by atoms with van der Waals surface area (Å²) < 4.78 is 20.2. The van der Waals surface area contributed by atoms with Crippen molar-refractivity contribution in [3.8, 4) is 0 Å². The Bertz CT molecular complexity index is 442. The molecule has 140 valence electrons. The number of thioether (sulfide) groups is 1. The van der Waals surface area contributed by atoms with Crippen LogP contribution in [0.25, 0.3) is 0 Å². The first-order valence-corrected chi connectivity index (χ1v) is 11.3. The highest BCUT2D eigenvalue weighted by Gasteiger charge is 2.32. The minimum Gasteiger partial charge on any atom is -0.770 e. The number of ether oxygens (including phenoxy) is 1. The highest BCUT2D eigenvalue weighted by molar-refractivity contribution is 8.13. The number of rotatable bonds is 12. The zero-order chi connectivity index (χ0) is 17.8. The number of hydrogen-bond acceptors (Lipinski definition) is 7. The average molecular weight is 379 g/mol.